The van der Waals surface area contributed by atoms with Crippen molar-refractivity contribution in [1.82, 2.24) is 4.90 Å². The molecular weight excluding hydrogens is 458 g/mol. The van der Waals surface area contributed by atoms with Crippen LogP contribution in [0.25, 0.3) is 0 Å². The van der Waals surface area contributed by atoms with E-state index < -0.39 is 11.8 Å². The van der Waals surface area contributed by atoms with Crippen LogP contribution in [0, 0.1) is 0 Å². The zero-order chi connectivity index (χ0) is 25.1. The number of anilines is 2. The molecule has 0 atom stereocenters. The molecule has 3 aromatic rings. The van der Waals surface area contributed by atoms with Gasteiger partial charge in [0.15, 0.2) is 0 Å². The predicted molar refractivity (Wildman–Crippen MR) is 136 cm³/mol. The van der Waals surface area contributed by atoms with Gasteiger partial charge in [0.25, 0.3) is 17.7 Å². The predicted octanol–water partition coefficient (Wildman–Crippen LogP) is 3.97. The van der Waals surface area contributed by atoms with Gasteiger partial charge in [-0.2, -0.15) is 0 Å². The van der Waals surface area contributed by atoms with Gasteiger partial charge >= 0.3 is 0 Å². The zero-order valence-electron chi connectivity index (χ0n) is 20.0. The first-order chi connectivity index (χ1) is 17.5. The lowest BCUT2D eigenvalue weighted by Gasteiger charge is -2.27. The van der Waals surface area contributed by atoms with Crippen LogP contribution in [-0.2, 0) is 11.3 Å². The number of amides is 3. The summed E-state index contributed by atoms with van der Waals surface area (Å²) in [7, 11) is 0. The molecule has 5 rings (SSSR count). The van der Waals surface area contributed by atoms with Crippen molar-refractivity contribution in [3.63, 3.8) is 0 Å². The van der Waals surface area contributed by atoms with E-state index in [1.54, 1.807) is 36.4 Å². The normalized spacial score (nSPS) is 15.6. The molecule has 3 aromatic carbocycles. The summed E-state index contributed by atoms with van der Waals surface area (Å²) in [4.78, 5) is 42.7. The summed E-state index contributed by atoms with van der Waals surface area (Å²) in [6, 6.07) is 19.1. The molecule has 0 bridgehead atoms. The van der Waals surface area contributed by atoms with Gasteiger partial charge in [-0.25, -0.2) is 4.90 Å². The lowest BCUT2D eigenvalue weighted by Crippen LogP contribution is -2.35. The molecule has 2 aliphatic rings. The largest absolute Gasteiger partial charge is 0.494 e. The van der Waals surface area contributed by atoms with Crippen LogP contribution in [-0.4, -0.2) is 55.5 Å². The number of para-hydroxylation sites is 1. The number of nitrogens with one attached hydrogen (secondary N) is 1. The number of imide groups is 1. The number of fused-ring (bicyclic) bond motifs is 1. The molecule has 1 N–H and O–H groups in total. The Morgan fingerprint density at radius 3 is 2.42 bits per heavy atom. The topological polar surface area (TPSA) is 88.2 Å². The Hall–Kier alpha value is -4.01. The van der Waals surface area contributed by atoms with Gasteiger partial charge in [0.05, 0.1) is 36.6 Å². The van der Waals surface area contributed by atoms with Crippen molar-refractivity contribution in [3.05, 3.63) is 89.0 Å². The number of ether oxygens (including phenoxy) is 2. The second-order valence-electron chi connectivity index (χ2n) is 8.63. The minimum absolute atomic E-state index is 0.211. The first kappa shape index (κ1) is 23.7. The van der Waals surface area contributed by atoms with Crippen molar-refractivity contribution in [1.29, 1.82) is 0 Å². The number of morpholine rings is 1. The highest BCUT2D eigenvalue weighted by Crippen LogP contribution is 2.30. The van der Waals surface area contributed by atoms with Crippen molar-refractivity contribution in [3.8, 4) is 5.75 Å². The third kappa shape index (κ3) is 4.73. The summed E-state index contributed by atoms with van der Waals surface area (Å²) in [5, 5.41) is 2.97. The molecule has 1 saturated heterocycles. The summed E-state index contributed by atoms with van der Waals surface area (Å²) >= 11 is 0. The monoisotopic (exact) mass is 485 g/mol. The maximum Gasteiger partial charge on any atom is 0.266 e. The number of benzene rings is 3. The van der Waals surface area contributed by atoms with E-state index in [-0.39, 0.29) is 17.0 Å². The van der Waals surface area contributed by atoms with Gasteiger partial charge in [-0.05, 0) is 61.0 Å². The Balaban J connectivity index is 1.34. The highest BCUT2D eigenvalue weighted by molar-refractivity contribution is 6.34. The average molecular weight is 486 g/mol. The third-order valence-corrected chi connectivity index (χ3v) is 6.32. The van der Waals surface area contributed by atoms with Gasteiger partial charge in [-0.15, -0.1) is 0 Å². The summed E-state index contributed by atoms with van der Waals surface area (Å²) in [5.74, 6) is -0.554. The van der Waals surface area contributed by atoms with Gasteiger partial charge in [-0.1, -0.05) is 18.2 Å². The van der Waals surface area contributed by atoms with Crippen LogP contribution in [0.5, 0.6) is 5.75 Å². The number of rotatable bonds is 7. The highest BCUT2D eigenvalue weighted by Gasteiger charge is 2.37. The lowest BCUT2D eigenvalue weighted by atomic mass is 10.0. The van der Waals surface area contributed by atoms with E-state index >= 15 is 0 Å². The van der Waals surface area contributed by atoms with Crippen LogP contribution in [0.4, 0.5) is 11.4 Å². The van der Waals surface area contributed by atoms with E-state index in [4.69, 9.17) is 9.47 Å². The first-order valence-corrected chi connectivity index (χ1v) is 12.0. The Morgan fingerprint density at radius 1 is 0.944 bits per heavy atom. The molecule has 8 nitrogen and oxygen atoms in total. The zero-order valence-corrected chi connectivity index (χ0v) is 20.0. The van der Waals surface area contributed by atoms with E-state index in [1.807, 2.05) is 31.2 Å². The van der Waals surface area contributed by atoms with Crippen molar-refractivity contribution >= 4 is 29.1 Å². The summed E-state index contributed by atoms with van der Waals surface area (Å²) < 4.78 is 10.9. The molecule has 8 heteroatoms. The molecule has 0 saturated carbocycles. The van der Waals surface area contributed by atoms with E-state index in [2.05, 4.69) is 10.2 Å². The third-order valence-electron chi connectivity index (χ3n) is 6.32. The molecule has 0 unspecified atom stereocenters. The van der Waals surface area contributed by atoms with Crippen molar-refractivity contribution in [2.45, 2.75) is 13.5 Å². The Morgan fingerprint density at radius 2 is 1.67 bits per heavy atom. The van der Waals surface area contributed by atoms with Gasteiger partial charge in [0.1, 0.15) is 5.75 Å². The van der Waals surface area contributed by atoms with Crippen molar-refractivity contribution in [2.75, 3.05) is 43.1 Å². The molecule has 0 radical (unpaired) electrons. The summed E-state index contributed by atoms with van der Waals surface area (Å²) in [6.07, 6.45) is 0. The summed E-state index contributed by atoms with van der Waals surface area (Å²) in [5.41, 5.74) is 2.97. The second-order valence-corrected chi connectivity index (χ2v) is 8.63. The van der Waals surface area contributed by atoms with Gasteiger partial charge in [0.2, 0.25) is 0 Å². The fraction of sp³-hybridized carbons (Fsp3) is 0.250. The number of hydrogen-bond acceptors (Lipinski definition) is 6. The molecule has 184 valence electrons. The molecule has 0 spiro atoms. The first-order valence-electron chi connectivity index (χ1n) is 12.0. The smallest absolute Gasteiger partial charge is 0.266 e. The van der Waals surface area contributed by atoms with Crippen molar-refractivity contribution < 1.29 is 23.9 Å². The fourth-order valence-corrected chi connectivity index (χ4v) is 4.45. The van der Waals surface area contributed by atoms with Crippen molar-refractivity contribution in [2.24, 2.45) is 0 Å². The van der Waals surface area contributed by atoms with E-state index in [0.29, 0.717) is 49.1 Å². The Bertz CT molecular complexity index is 1300. The molecule has 36 heavy (non-hydrogen) atoms. The minimum atomic E-state index is -0.457. The molecule has 2 heterocycles. The lowest BCUT2D eigenvalue weighted by molar-refractivity contribution is 0.0342. The maximum absolute atomic E-state index is 13.2. The minimum Gasteiger partial charge on any atom is -0.494 e. The average Bonchev–Trinajstić information content (AvgIpc) is 3.15. The standard InChI is InChI=1S/C28H27N3O5/c1-2-36-22-10-8-21(9-11-22)31-27(33)23-12-7-19(17-24(23)28(31)34)26(32)29-25-6-4-3-5-20(25)18-30-13-15-35-16-14-30/h3-12,17H,2,13-16,18H2,1H3,(H,29,32). The Labute approximate surface area is 209 Å². The van der Waals surface area contributed by atoms with E-state index in [0.717, 1.165) is 23.6 Å². The molecule has 0 aromatic heterocycles. The number of nitrogens with zero attached hydrogens (tertiary/aromatic N) is 2. The van der Waals surface area contributed by atoms with E-state index in [1.165, 1.54) is 6.07 Å². The number of carbonyl (C=O) groups is 3. The molecule has 1 fully saturated rings. The number of carbonyl (C=O) groups excluding carboxylic acids is 3. The fourth-order valence-electron chi connectivity index (χ4n) is 4.45. The molecule has 0 aliphatic carbocycles. The number of hydrogen-bond donors (Lipinski definition) is 1. The molecular formula is C28H27N3O5. The van der Waals surface area contributed by atoms with Crippen LogP contribution < -0.4 is 15.0 Å². The Kier molecular flexibility index (Phi) is 6.79. The van der Waals surface area contributed by atoms with Crippen LogP contribution in [0.15, 0.2) is 66.7 Å². The molecule has 2 aliphatic heterocycles. The quantitative estimate of drug-likeness (QED) is 0.510. The van der Waals surface area contributed by atoms with Gasteiger partial charge < -0.3 is 14.8 Å². The van der Waals surface area contributed by atoms with Crippen LogP contribution in [0.2, 0.25) is 0 Å². The summed E-state index contributed by atoms with van der Waals surface area (Å²) in [6.45, 7) is 6.19. The van der Waals surface area contributed by atoms with Crippen LogP contribution >= 0.6 is 0 Å². The maximum atomic E-state index is 13.2. The van der Waals surface area contributed by atoms with Crippen LogP contribution in [0.3, 0.4) is 0 Å². The molecule has 3 amide bonds. The second kappa shape index (κ2) is 10.3. The van der Waals surface area contributed by atoms with Gasteiger partial charge in [-0.3, -0.25) is 19.3 Å². The van der Waals surface area contributed by atoms with E-state index in [9.17, 15) is 14.4 Å². The SMILES string of the molecule is CCOc1ccc(N2C(=O)c3ccc(C(=O)Nc4ccccc4CN4CCOCC4)cc3C2=O)cc1. The van der Waals surface area contributed by atoms with Gasteiger partial charge in [0, 0.05) is 30.9 Å². The highest BCUT2D eigenvalue weighted by atomic mass is 16.5. The van der Waals surface area contributed by atoms with Crippen LogP contribution in [0.1, 0.15) is 43.6 Å².